The van der Waals surface area contributed by atoms with E-state index in [2.05, 4.69) is 31.8 Å². The molecule has 0 saturated carbocycles. The minimum absolute atomic E-state index is 0.159. The molecule has 2 rings (SSSR count). The van der Waals surface area contributed by atoms with E-state index in [4.69, 9.17) is 27.9 Å². The number of carbonyl (C=O) groups excluding carboxylic acids is 2. The van der Waals surface area contributed by atoms with Crippen molar-refractivity contribution >= 4 is 57.2 Å². The molecule has 0 aliphatic carbocycles. The van der Waals surface area contributed by atoms with Crippen molar-refractivity contribution in [1.82, 2.24) is 10.7 Å². The Morgan fingerprint density at radius 2 is 1.89 bits per heavy atom. The predicted octanol–water partition coefficient (Wildman–Crippen LogP) is 3.92. The molecule has 0 atom stereocenters. The third-order valence-electron chi connectivity index (χ3n) is 3.32. The van der Waals surface area contributed by atoms with Gasteiger partial charge in [0.1, 0.15) is 12.4 Å². The van der Waals surface area contributed by atoms with Crippen LogP contribution in [0.25, 0.3) is 0 Å². The normalized spacial score (nSPS) is 10.7. The molecule has 9 heteroatoms. The van der Waals surface area contributed by atoms with Crippen molar-refractivity contribution in [3.63, 3.8) is 0 Å². The largest absolute Gasteiger partial charge is 0.488 e. The maximum atomic E-state index is 11.6. The first kappa shape index (κ1) is 21.2. The number of hydrogen-bond donors (Lipinski definition) is 2. The second kappa shape index (κ2) is 10.3. The Hall–Kier alpha value is -2.09. The summed E-state index contributed by atoms with van der Waals surface area (Å²) < 4.78 is 6.60. The van der Waals surface area contributed by atoms with E-state index in [0.717, 1.165) is 4.47 Å². The van der Waals surface area contributed by atoms with Gasteiger partial charge in [0.15, 0.2) is 0 Å². The van der Waals surface area contributed by atoms with Gasteiger partial charge in [-0.1, -0.05) is 45.2 Å². The Morgan fingerprint density at radius 3 is 2.56 bits per heavy atom. The lowest BCUT2D eigenvalue weighted by atomic mass is 10.2. The summed E-state index contributed by atoms with van der Waals surface area (Å²) in [4.78, 5) is 22.9. The second-order valence-electron chi connectivity index (χ2n) is 5.23. The summed E-state index contributed by atoms with van der Waals surface area (Å²) >= 11 is 15.7. The van der Waals surface area contributed by atoms with Gasteiger partial charge in [-0.3, -0.25) is 9.59 Å². The molecule has 6 nitrogen and oxygen atoms in total. The van der Waals surface area contributed by atoms with Crippen molar-refractivity contribution in [3.8, 4) is 5.75 Å². The van der Waals surface area contributed by atoms with E-state index < -0.39 is 11.8 Å². The lowest BCUT2D eigenvalue weighted by Gasteiger charge is -2.12. The van der Waals surface area contributed by atoms with E-state index >= 15 is 0 Å². The first-order valence-corrected chi connectivity index (χ1v) is 9.43. The molecule has 0 fully saturated rings. The molecular weight excluding hydrogens is 457 g/mol. The molecular formula is C18H16BrCl2N3O3. The van der Waals surface area contributed by atoms with Gasteiger partial charge < -0.3 is 10.1 Å². The van der Waals surface area contributed by atoms with Crippen LogP contribution in [0.2, 0.25) is 10.0 Å². The maximum Gasteiger partial charge on any atom is 0.329 e. The molecule has 2 N–H and O–H groups in total. The van der Waals surface area contributed by atoms with Crippen LogP contribution in [0, 0.1) is 0 Å². The van der Waals surface area contributed by atoms with Crippen LogP contribution in [0.15, 0.2) is 46.0 Å². The molecule has 2 aromatic carbocycles. The van der Waals surface area contributed by atoms with Crippen molar-refractivity contribution in [2.75, 3.05) is 6.54 Å². The fourth-order valence-electron chi connectivity index (χ4n) is 2.02. The number of likely N-dealkylation sites (N-methyl/N-ethyl adjacent to an activating group) is 1. The number of ether oxygens (including phenoxy) is 1. The van der Waals surface area contributed by atoms with Crippen LogP contribution < -0.4 is 15.5 Å². The SMILES string of the molecule is CCNC(=O)C(=O)N/N=C\c1cc(Br)ccc1OCc1c(Cl)cccc1Cl. The number of hydrazone groups is 1. The highest BCUT2D eigenvalue weighted by Gasteiger charge is 2.11. The van der Waals surface area contributed by atoms with Crippen LogP contribution in [0.3, 0.4) is 0 Å². The highest BCUT2D eigenvalue weighted by molar-refractivity contribution is 9.10. The van der Waals surface area contributed by atoms with E-state index in [1.807, 2.05) is 0 Å². The second-order valence-corrected chi connectivity index (χ2v) is 6.96. The van der Waals surface area contributed by atoms with Crippen LogP contribution in [-0.2, 0) is 16.2 Å². The minimum Gasteiger partial charge on any atom is -0.488 e. The van der Waals surface area contributed by atoms with E-state index in [1.165, 1.54) is 6.21 Å². The highest BCUT2D eigenvalue weighted by atomic mass is 79.9. The zero-order valence-corrected chi connectivity index (χ0v) is 17.4. The van der Waals surface area contributed by atoms with E-state index in [1.54, 1.807) is 43.3 Å². The van der Waals surface area contributed by atoms with E-state index in [-0.39, 0.29) is 6.61 Å². The summed E-state index contributed by atoms with van der Waals surface area (Å²) in [7, 11) is 0. The monoisotopic (exact) mass is 471 g/mol. The van der Waals surface area contributed by atoms with Gasteiger partial charge in [-0.2, -0.15) is 5.10 Å². The number of amides is 2. The van der Waals surface area contributed by atoms with Crippen LogP contribution in [-0.4, -0.2) is 24.6 Å². The third kappa shape index (κ3) is 6.23. The van der Waals surface area contributed by atoms with Crippen LogP contribution in [0.4, 0.5) is 0 Å². The Morgan fingerprint density at radius 1 is 1.19 bits per heavy atom. The number of nitrogens with one attached hydrogen (secondary N) is 2. The zero-order valence-electron chi connectivity index (χ0n) is 14.3. The Balaban J connectivity index is 2.11. The van der Waals surface area contributed by atoms with Crippen LogP contribution in [0.5, 0.6) is 5.75 Å². The Labute approximate surface area is 175 Å². The average Bonchev–Trinajstić information content (AvgIpc) is 2.62. The third-order valence-corrected chi connectivity index (χ3v) is 4.52. The number of nitrogens with zero attached hydrogens (tertiary/aromatic N) is 1. The Bertz CT molecular complexity index is 855. The van der Waals surface area contributed by atoms with Gasteiger partial charge in [0.2, 0.25) is 0 Å². The fraction of sp³-hybridized carbons (Fsp3) is 0.167. The van der Waals surface area contributed by atoms with Gasteiger partial charge in [0, 0.05) is 32.2 Å². The summed E-state index contributed by atoms with van der Waals surface area (Å²) in [5, 5.41) is 7.19. The van der Waals surface area contributed by atoms with Gasteiger partial charge in [0.05, 0.1) is 6.21 Å². The zero-order chi connectivity index (χ0) is 19.8. The van der Waals surface area contributed by atoms with Gasteiger partial charge in [-0.15, -0.1) is 0 Å². The Kier molecular flexibility index (Phi) is 8.09. The number of hydrogen-bond acceptors (Lipinski definition) is 4. The van der Waals surface area contributed by atoms with Gasteiger partial charge in [0.25, 0.3) is 0 Å². The van der Waals surface area contributed by atoms with Crippen molar-refractivity contribution in [1.29, 1.82) is 0 Å². The standard InChI is InChI=1S/C18H16BrCl2N3O3/c1-2-22-17(25)18(26)24-23-9-11-8-12(19)6-7-16(11)27-10-13-14(20)4-3-5-15(13)21/h3-9H,2,10H2,1H3,(H,22,25)(H,24,26)/b23-9-. The lowest BCUT2D eigenvalue weighted by Crippen LogP contribution is -2.37. The summed E-state index contributed by atoms with van der Waals surface area (Å²) in [6.07, 6.45) is 1.38. The molecule has 0 bridgehead atoms. The first-order valence-electron chi connectivity index (χ1n) is 7.88. The number of benzene rings is 2. The molecule has 0 spiro atoms. The molecule has 27 heavy (non-hydrogen) atoms. The van der Waals surface area contributed by atoms with Gasteiger partial charge in [-0.05, 0) is 37.3 Å². The van der Waals surface area contributed by atoms with Crippen molar-refractivity contribution in [2.45, 2.75) is 13.5 Å². The quantitative estimate of drug-likeness (QED) is 0.380. The molecule has 142 valence electrons. The van der Waals surface area contributed by atoms with Gasteiger partial charge >= 0.3 is 11.8 Å². The van der Waals surface area contributed by atoms with E-state index in [9.17, 15) is 9.59 Å². The summed E-state index contributed by atoms with van der Waals surface area (Å²) in [5.74, 6) is -1.10. The molecule has 2 aromatic rings. The molecule has 0 saturated heterocycles. The molecule has 0 aliphatic heterocycles. The first-order chi connectivity index (χ1) is 12.9. The van der Waals surface area contributed by atoms with Crippen LogP contribution in [0.1, 0.15) is 18.1 Å². The van der Waals surface area contributed by atoms with Gasteiger partial charge in [-0.25, -0.2) is 5.43 Å². The lowest BCUT2D eigenvalue weighted by molar-refractivity contribution is -0.139. The highest BCUT2D eigenvalue weighted by Crippen LogP contribution is 2.27. The smallest absolute Gasteiger partial charge is 0.329 e. The minimum atomic E-state index is -0.853. The van der Waals surface area contributed by atoms with Crippen molar-refractivity contribution in [3.05, 3.63) is 62.0 Å². The average molecular weight is 473 g/mol. The van der Waals surface area contributed by atoms with Crippen LogP contribution >= 0.6 is 39.1 Å². The fourth-order valence-corrected chi connectivity index (χ4v) is 2.91. The summed E-state index contributed by atoms with van der Waals surface area (Å²) in [6.45, 7) is 2.22. The maximum absolute atomic E-state index is 11.6. The molecule has 0 aliphatic rings. The predicted molar refractivity (Wildman–Crippen MR) is 109 cm³/mol. The molecule has 0 heterocycles. The molecule has 2 amide bonds. The molecule has 0 aromatic heterocycles. The summed E-state index contributed by atoms with van der Waals surface area (Å²) in [6, 6.07) is 10.5. The molecule has 0 unspecified atom stereocenters. The topological polar surface area (TPSA) is 79.8 Å². The number of halogens is 3. The van der Waals surface area contributed by atoms with Crippen molar-refractivity contribution in [2.24, 2.45) is 5.10 Å². The number of carbonyl (C=O) groups is 2. The van der Waals surface area contributed by atoms with Crippen molar-refractivity contribution < 1.29 is 14.3 Å². The summed E-state index contributed by atoms with van der Waals surface area (Å²) in [5.41, 5.74) is 3.41. The van der Waals surface area contributed by atoms with E-state index in [0.29, 0.717) is 33.5 Å². The molecule has 0 radical (unpaired) electrons. The number of rotatable bonds is 6.